The summed E-state index contributed by atoms with van der Waals surface area (Å²) in [7, 11) is 0. The number of alkyl halides is 3. The lowest BCUT2D eigenvalue weighted by Gasteiger charge is -2.12. The Balaban J connectivity index is 2.38. The van der Waals surface area contributed by atoms with Crippen LogP contribution in [-0.4, -0.2) is 4.98 Å². The van der Waals surface area contributed by atoms with E-state index >= 15 is 0 Å². The Bertz CT molecular complexity index is 602. The summed E-state index contributed by atoms with van der Waals surface area (Å²) in [5.74, 6) is 0.0583. The Morgan fingerprint density at radius 3 is 2.42 bits per heavy atom. The van der Waals surface area contributed by atoms with Gasteiger partial charge in [0.2, 0.25) is 0 Å². The largest absolute Gasteiger partial charge is 0.433 e. The van der Waals surface area contributed by atoms with Crippen LogP contribution in [0.3, 0.4) is 0 Å². The van der Waals surface area contributed by atoms with Gasteiger partial charge in [-0.05, 0) is 40.2 Å². The molecular weight excluding hydrogens is 344 g/mol. The fourth-order valence-corrected chi connectivity index (χ4v) is 1.88. The molecule has 0 radical (unpaired) electrons. The molecule has 0 aliphatic rings. The second kappa shape index (κ2) is 5.38. The van der Waals surface area contributed by atoms with Crippen LogP contribution in [-0.2, 0) is 6.18 Å². The van der Waals surface area contributed by atoms with Gasteiger partial charge in [0.1, 0.15) is 11.5 Å². The van der Waals surface area contributed by atoms with Gasteiger partial charge in [-0.2, -0.15) is 13.2 Å². The Morgan fingerprint density at radius 2 is 1.79 bits per heavy atom. The van der Waals surface area contributed by atoms with E-state index in [4.69, 9.17) is 11.6 Å². The molecule has 0 aliphatic carbocycles. The Hall–Kier alpha value is -1.27. The normalized spacial score (nSPS) is 11.4. The minimum Gasteiger partial charge on any atom is -0.338 e. The maximum Gasteiger partial charge on any atom is 0.433 e. The molecule has 19 heavy (non-hydrogen) atoms. The first-order valence-electron chi connectivity index (χ1n) is 5.13. The van der Waals surface area contributed by atoms with Crippen molar-refractivity contribution in [2.75, 3.05) is 5.32 Å². The number of halogens is 5. The zero-order chi connectivity index (χ0) is 14.0. The maximum atomic E-state index is 12.6. The SMILES string of the molecule is FC(F)(F)c1ccc(Br)c(Nc2ccccc2Cl)n1. The third-order valence-corrected chi connectivity index (χ3v) is 3.23. The van der Waals surface area contributed by atoms with Crippen LogP contribution < -0.4 is 5.32 Å². The lowest BCUT2D eigenvalue weighted by atomic mass is 10.3. The molecule has 0 fully saturated rings. The van der Waals surface area contributed by atoms with Gasteiger partial charge < -0.3 is 5.32 Å². The summed E-state index contributed by atoms with van der Waals surface area (Å²) in [6, 6.07) is 8.91. The number of nitrogens with zero attached hydrogens (tertiary/aromatic N) is 1. The molecule has 7 heteroatoms. The molecule has 100 valence electrons. The van der Waals surface area contributed by atoms with Gasteiger partial charge in [0.05, 0.1) is 15.2 Å². The molecule has 2 rings (SSSR count). The highest BCUT2D eigenvalue weighted by Crippen LogP contribution is 2.33. The second-order valence-corrected chi connectivity index (χ2v) is 4.89. The molecule has 0 spiro atoms. The van der Waals surface area contributed by atoms with Crippen molar-refractivity contribution in [3.63, 3.8) is 0 Å². The van der Waals surface area contributed by atoms with E-state index in [1.807, 2.05) is 0 Å². The van der Waals surface area contributed by atoms with E-state index in [1.54, 1.807) is 24.3 Å². The molecule has 2 nitrogen and oxygen atoms in total. The van der Waals surface area contributed by atoms with E-state index in [0.29, 0.717) is 15.2 Å². The maximum absolute atomic E-state index is 12.6. The molecule has 0 saturated carbocycles. The zero-order valence-corrected chi connectivity index (χ0v) is 11.6. The second-order valence-electron chi connectivity index (χ2n) is 3.63. The first kappa shape index (κ1) is 14.1. The van der Waals surface area contributed by atoms with Gasteiger partial charge in [-0.1, -0.05) is 23.7 Å². The summed E-state index contributed by atoms with van der Waals surface area (Å²) in [5, 5.41) is 3.16. The van der Waals surface area contributed by atoms with E-state index in [0.717, 1.165) is 6.07 Å². The van der Waals surface area contributed by atoms with Crippen LogP contribution in [0.4, 0.5) is 24.7 Å². The third-order valence-electron chi connectivity index (χ3n) is 2.26. The monoisotopic (exact) mass is 350 g/mol. The van der Waals surface area contributed by atoms with E-state index in [2.05, 4.69) is 26.2 Å². The topological polar surface area (TPSA) is 24.9 Å². The van der Waals surface area contributed by atoms with Crippen molar-refractivity contribution >= 4 is 39.0 Å². The quantitative estimate of drug-likeness (QED) is 0.798. The van der Waals surface area contributed by atoms with E-state index < -0.39 is 11.9 Å². The summed E-state index contributed by atoms with van der Waals surface area (Å²) < 4.78 is 38.2. The summed E-state index contributed by atoms with van der Waals surface area (Å²) in [5.41, 5.74) is -0.484. The molecule has 1 aromatic carbocycles. The van der Waals surface area contributed by atoms with Crippen LogP contribution in [0, 0.1) is 0 Å². The highest BCUT2D eigenvalue weighted by atomic mass is 79.9. The number of benzene rings is 1. The van der Waals surface area contributed by atoms with Crippen LogP contribution in [0.5, 0.6) is 0 Å². The molecule has 0 bridgehead atoms. The van der Waals surface area contributed by atoms with E-state index in [1.165, 1.54) is 6.07 Å². The van der Waals surface area contributed by atoms with Gasteiger partial charge in [-0.15, -0.1) is 0 Å². The van der Waals surface area contributed by atoms with Crippen LogP contribution >= 0.6 is 27.5 Å². The van der Waals surface area contributed by atoms with Crippen molar-refractivity contribution in [3.05, 3.63) is 51.6 Å². The Kier molecular flexibility index (Phi) is 4.01. The minimum atomic E-state index is -4.49. The molecule has 1 N–H and O–H groups in total. The van der Waals surface area contributed by atoms with Crippen LogP contribution in [0.2, 0.25) is 5.02 Å². The van der Waals surface area contributed by atoms with Gasteiger partial charge in [0.15, 0.2) is 0 Å². The predicted molar refractivity (Wildman–Crippen MR) is 71.7 cm³/mol. The number of para-hydroxylation sites is 1. The minimum absolute atomic E-state index is 0.0583. The zero-order valence-electron chi connectivity index (χ0n) is 9.30. The molecule has 1 aromatic heterocycles. The molecule has 0 aliphatic heterocycles. The molecule has 2 aromatic rings. The van der Waals surface area contributed by atoms with Gasteiger partial charge in [-0.3, -0.25) is 0 Å². The number of anilines is 2. The van der Waals surface area contributed by atoms with Crippen LogP contribution in [0.1, 0.15) is 5.69 Å². The molecular formula is C12H7BrClF3N2. The lowest BCUT2D eigenvalue weighted by molar-refractivity contribution is -0.141. The molecule has 0 amide bonds. The van der Waals surface area contributed by atoms with E-state index in [9.17, 15) is 13.2 Å². The number of rotatable bonds is 2. The fraction of sp³-hybridized carbons (Fsp3) is 0.0833. The van der Waals surface area contributed by atoms with Gasteiger partial charge in [-0.25, -0.2) is 4.98 Å². The van der Waals surface area contributed by atoms with Crippen molar-refractivity contribution in [2.24, 2.45) is 0 Å². The number of nitrogens with one attached hydrogen (secondary N) is 1. The number of hydrogen-bond acceptors (Lipinski definition) is 2. The van der Waals surface area contributed by atoms with Crippen LogP contribution in [0.25, 0.3) is 0 Å². The van der Waals surface area contributed by atoms with E-state index in [-0.39, 0.29) is 5.82 Å². The van der Waals surface area contributed by atoms with Crippen molar-refractivity contribution < 1.29 is 13.2 Å². The molecule has 0 saturated heterocycles. The molecule has 1 heterocycles. The summed E-state index contributed by atoms with van der Waals surface area (Å²) in [4.78, 5) is 3.54. The highest BCUT2D eigenvalue weighted by molar-refractivity contribution is 9.10. The smallest absolute Gasteiger partial charge is 0.338 e. The van der Waals surface area contributed by atoms with Gasteiger partial charge in [0, 0.05) is 0 Å². The lowest BCUT2D eigenvalue weighted by Crippen LogP contribution is -2.09. The summed E-state index contributed by atoms with van der Waals surface area (Å²) in [6.45, 7) is 0. The van der Waals surface area contributed by atoms with Crippen molar-refractivity contribution in [2.45, 2.75) is 6.18 Å². The number of pyridine rings is 1. The first-order valence-corrected chi connectivity index (χ1v) is 6.30. The third kappa shape index (κ3) is 3.39. The average Bonchev–Trinajstić information content (AvgIpc) is 2.33. The predicted octanol–water partition coefficient (Wildman–Crippen LogP) is 5.26. The average molecular weight is 352 g/mol. The van der Waals surface area contributed by atoms with Crippen molar-refractivity contribution in [1.82, 2.24) is 4.98 Å². The van der Waals surface area contributed by atoms with Gasteiger partial charge >= 0.3 is 6.18 Å². The first-order chi connectivity index (χ1) is 8.88. The Labute approximate surface area is 120 Å². The van der Waals surface area contributed by atoms with Crippen molar-refractivity contribution in [3.8, 4) is 0 Å². The standard InChI is InChI=1S/C12H7BrClF3N2/c13-7-5-6-10(12(15,16)17)19-11(7)18-9-4-2-1-3-8(9)14/h1-6H,(H,18,19). The highest BCUT2D eigenvalue weighted by Gasteiger charge is 2.33. The molecule has 0 unspecified atom stereocenters. The van der Waals surface area contributed by atoms with Gasteiger partial charge in [0.25, 0.3) is 0 Å². The van der Waals surface area contributed by atoms with Crippen molar-refractivity contribution in [1.29, 1.82) is 0 Å². The number of aromatic nitrogens is 1. The summed E-state index contributed by atoms with van der Waals surface area (Å²) >= 11 is 9.07. The van der Waals surface area contributed by atoms with Crippen LogP contribution in [0.15, 0.2) is 40.9 Å². The Morgan fingerprint density at radius 1 is 1.11 bits per heavy atom. The fourth-order valence-electron chi connectivity index (χ4n) is 1.38. The molecule has 0 atom stereocenters. The number of hydrogen-bond donors (Lipinski definition) is 1. The summed E-state index contributed by atoms with van der Waals surface area (Å²) in [6.07, 6.45) is -4.49.